The number of hydrogen-bond acceptors (Lipinski definition) is 4. The van der Waals surface area contributed by atoms with E-state index in [-0.39, 0.29) is 10.8 Å². The van der Waals surface area contributed by atoms with Crippen molar-refractivity contribution >= 4 is 23.5 Å². The van der Waals surface area contributed by atoms with Crippen LogP contribution < -0.4 is 11.0 Å². The van der Waals surface area contributed by atoms with Crippen molar-refractivity contribution in [3.8, 4) is 0 Å². The lowest BCUT2D eigenvalue weighted by molar-refractivity contribution is 0.628. The first-order valence-corrected chi connectivity index (χ1v) is 5.32. The van der Waals surface area contributed by atoms with Crippen molar-refractivity contribution in [3.63, 3.8) is 0 Å². The number of nitrogens with zero attached hydrogens (tertiary/aromatic N) is 2. The normalized spacial score (nSPS) is 10.8. The molecule has 1 heterocycles. The molecule has 0 atom stereocenters. The zero-order valence-electron chi connectivity index (χ0n) is 9.02. The first-order valence-electron chi connectivity index (χ1n) is 4.94. The molecule has 0 saturated carbocycles. The quantitative estimate of drug-likeness (QED) is 0.659. The van der Waals surface area contributed by atoms with Gasteiger partial charge in [-0.3, -0.25) is 10.2 Å². The lowest BCUT2D eigenvalue weighted by atomic mass is 10.2. The van der Waals surface area contributed by atoms with E-state index in [1.807, 2.05) is 0 Å². The Kier molecular flexibility index (Phi) is 3.69. The lowest BCUT2D eigenvalue weighted by Crippen LogP contribution is -2.10. The van der Waals surface area contributed by atoms with E-state index in [9.17, 15) is 9.18 Å². The summed E-state index contributed by atoms with van der Waals surface area (Å²) < 4.78 is 12.6. The monoisotopic (exact) mass is 266 g/mol. The van der Waals surface area contributed by atoms with Gasteiger partial charge in [0.25, 0.3) is 5.56 Å². The smallest absolute Gasteiger partial charge is 0.275 e. The van der Waals surface area contributed by atoms with Crippen LogP contribution in [0.5, 0.6) is 0 Å². The van der Waals surface area contributed by atoms with Crippen LogP contribution in [0, 0.1) is 5.82 Å². The summed E-state index contributed by atoms with van der Waals surface area (Å²) in [6.45, 7) is 0. The first kappa shape index (κ1) is 12.3. The minimum absolute atomic E-state index is 0.0266. The molecule has 0 spiro atoms. The highest BCUT2D eigenvalue weighted by Crippen LogP contribution is 2.13. The summed E-state index contributed by atoms with van der Waals surface area (Å²) in [4.78, 5) is 11.1. The van der Waals surface area contributed by atoms with Crippen molar-refractivity contribution in [1.82, 2.24) is 10.2 Å². The molecule has 7 heteroatoms. The summed E-state index contributed by atoms with van der Waals surface area (Å²) in [5, 5.41) is 9.60. The fraction of sp³-hybridized carbons (Fsp3) is 0. The molecule has 2 N–H and O–H groups in total. The molecule has 18 heavy (non-hydrogen) atoms. The van der Waals surface area contributed by atoms with Crippen LogP contribution in [0.15, 0.2) is 40.4 Å². The molecule has 5 nitrogen and oxygen atoms in total. The van der Waals surface area contributed by atoms with E-state index in [1.165, 1.54) is 24.5 Å². The molecule has 92 valence electrons. The molecule has 0 radical (unpaired) electrons. The zero-order valence-corrected chi connectivity index (χ0v) is 9.78. The Balaban J connectivity index is 2.09. The topological polar surface area (TPSA) is 70.1 Å². The second kappa shape index (κ2) is 5.42. The Morgan fingerprint density at radius 1 is 1.39 bits per heavy atom. The molecule has 0 fully saturated rings. The van der Waals surface area contributed by atoms with Crippen LogP contribution in [-0.4, -0.2) is 16.4 Å². The molecule has 0 unspecified atom stereocenters. The molecule has 0 aliphatic rings. The van der Waals surface area contributed by atoms with Gasteiger partial charge in [0.05, 0.1) is 12.4 Å². The second-order valence-electron chi connectivity index (χ2n) is 3.35. The van der Waals surface area contributed by atoms with Gasteiger partial charge < -0.3 is 0 Å². The summed E-state index contributed by atoms with van der Waals surface area (Å²) in [5.74, 6) is -0.318. The molecule has 1 aromatic heterocycles. The second-order valence-corrected chi connectivity index (χ2v) is 3.73. The van der Waals surface area contributed by atoms with Crippen molar-refractivity contribution in [1.29, 1.82) is 0 Å². The van der Waals surface area contributed by atoms with Crippen molar-refractivity contribution in [2.75, 3.05) is 5.43 Å². The van der Waals surface area contributed by atoms with Gasteiger partial charge in [-0.15, -0.1) is 0 Å². The number of aromatic amines is 1. The van der Waals surface area contributed by atoms with Gasteiger partial charge in [-0.05, 0) is 17.7 Å². The third-order valence-corrected chi connectivity index (χ3v) is 2.44. The standard InChI is InChI=1S/C11H8ClFN4O/c12-10-9(6-15-17-11(10)18)16-14-5-7-1-3-8(13)4-2-7/h1-6H,(H2,16,17,18)/b14-5+. The van der Waals surface area contributed by atoms with Gasteiger partial charge in [-0.2, -0.15) is 10.2 Å². The Hall–Kier alpha value is -2.21. The van der Waals surface area contributed by atoms with Gasteiger partial charge in [-0.1, -0.05) is 23.7 Å². The molecular weight excluding hydrogens is 259 g/mol. The van der Waals surface area contributed by atoms with Gasteiger partial charge in [0.15, 0.2) is 0 Å². The van der Waals surface area contributed by atoms with Crippen LogP contribution in [0.1, 0.15) is 5.56 Å². The number of hydrazone groups is 1. The molecule has 0 amide bonds. The predicted molar refractivity (Wildman–Crippen MR) is 67.5 cm³/mol. The maximum absolute atomic E-state index is 12.6. The van der Waals surface area contributed by atoms with Gasteiger partial charge in [0, 0.05) is 0 Å². The van der Waals surface area contributed by atoms with Crippen molar-refractivity contribution in [2.24, 2.45) is 5.10 Å². The summed E-state index contributed by atoms with van der Waals surface area (Å²) in [6, 6.07) is 5.78. The van der Waals surface area contributed by atoms with E-state index in [4.69, 9.17) is 11.6 Å². The maximum Gasteiger partial charge on any atom is 0.285 e. The minimum Gasteiger partial charge on any atom is -0.275 e. The number of halogens is 2. The Labute approximate surface area is 106 Å². The summed E-state index contributed by atoms with van der Waals surface area (Å²) in [5.41, 5.74) is 3.07. The molecule has 0 bridgehead atoms. The molecule has 2 rings (SSSR count). The van der Waals surface area contributed by atoms with E-state index in [0.717, 1.165) is 0 Å². The van der Waals surface area contributed by atoms with Crippen LogP contribution in [0.4, 0.5) is 10.1 Å². The van der Waals surface area contributed by atoms with Crippen LogP contribution in [0.2, 0.25) is 5.02 Å². The summed E-state index contributed by atoms with van der Waals surface area (Å²) in [7, 11) is 0. The zero-order chi connectivity index (χ0) is 13.0. The third kappa shape index (κ3) is 2.92. The number of aromatic nitrogens is 2. The number of H-pyrrole nitrogens is 1. The fourth-order valence-corrected chi connectivity index (χ4v) is 1.32. The summed E-state index contributed by atoms with van der Waals surface area (Å²) in [6.07, 6.45) is 2.81. The highest BCUT2D eigenvalue weighted by atomic mass is 35.5. The Morgan fingerprint density at radius 2 is 2.11 bits per heavy atom. The van der Waals surface area contributed by atoms with E-state index >= 15 is 0 Å². The molecule has 0 aliphatic carbocycles. The maximum atomic E-state index is 12.6. The van der Waals surface area contributed by atoms with E-state index in [1.54, 1.807) is 12.1 Å². The highest BCUT2D eigenvalue weighted by molar-refractivity contribution is 6.32. The molecule has 2 aromatic rings. The predicted octanol–water partition coefficient (Wildman–Crippen LogP) is 2.01. The molecule has 0 saturated heterocycles. The molecule has 1 aromatic carbocycles. The van der Waals surface area contributed by atoms with Crippen molar-refractivity contribution < 1.29 is 4.39 Å². The first-order chi connectivity index (χ1) is 8.66. The Bertz CT molecular complexity index is 624. The van der Waals surface area contributed by atoms with E-state index < -0.39 is 5.56 Å². The average Bonchev–Trinajstić information content (AvgIpc) is 2.37. The van der Waals surface area contributed by atoms with Crippen LogP contribution in [0.25, 0.3) is 0 Å². The van der Waals surface area contributed by atoms with Gasteiger partial charge in [0.1, 0.15) is 16.5 Å². The molecular formula is C11H8ClFN4O. The third-order valence-electron chi connectivity index (χ3n) is 2.06. The van der Waals surface area contributed by atoms with Gasteiger partial charge in [0.2, 0.25) is 0 Å². The van der Waals surface area contributed by atoms with Crippen LogP contribution >= 0.6 is 11.6 Å². The minimum atomic E-state index is -0.501. The lowest BCUT2D eigenvalue weighted by Gasteiger charge is -2.00. The van der Waals surface area contributed by atoms with Gasteiger partial charge >= 0.3 is 0 Å². The molecule has 0 aliphatic heterocycles. The highest BCUT2D eigenvalue weighted by Gasteiger charge is 2.02. The number of benzene rings is 1. The number of anilines is 1. The largest absolute Gasteiger partial charge is 0.285 e. The fourth-order valence-electron chi connectivity index (χ4n) is 1.19. The van der Waals surface area contributed by atoms with Gasteiger partial charge in [-0.25, -0.2) is 9.49 Å². The average molecular weight is 267 g/mol. The Morgan fingerprint density at radius 3 is 2.83 bits per heavy atom. The number of rotatable bonds is 3. The van der Waals surface area contributed by atoms with E-state index in [2.05, 4.69) is 20.7 Å². The van der Waals surface area contributed by atoms with E-state index in [0.29, 0.717) is 11.3 Å². The van der Waals surface area contributed by atoms with Crippen molar-refractivity contribution in [2.45, 2.75) is 0 Å². The number of hydrogen-bond donors (Lipinski definition) is 2. The SMILES string of the molecule is O=c1[nH]ncc(N/N=C/c2ccc(F)cc2)c1Cl. The summed E-state index contributed by atoms with van der Waals surface area (Å²) >= 11 is 5.73. The van der Waals surface area contributed by atoms with Crippen molar-refractivity contribution in [3.05, 3.63) is 57.2 Å². The van der Waals surface area contributed by atoms with Crippen LogP contribution in [-0.2, 0) is 0 Å². The van der Waals surface area contributed by atoms with Crippen LogP contribution in [0.3, 0.4) is 0 Å². The number of nitrogens with one attached hydrogen (secondary N) is 2.